The Morgan fingerprint density at radius 1 is 1.33 bits per heavy atom. The zero-order valence-corrected chi connectivity index (χ0v) is 15.0. The van der Waals surface area contributed by atoms with Gasteiger partial charge in [-0.1, -0.05) is 32.4 Å². The van der Waals surface area contributed by atoms with E-state index in [0.717, 1.165) is 31.5 Å². The van der Waals surface area contributed by atoms with Crippen LogP contribution in [-0.4, -0.2) is 29.0 Å². The number of hydrogen-bond donors (Lipinski definition) is 1. The fourth-order valence-electron chi connectivity index (χ4n) is 2.92. The van der Waals surface area contributed by atoms with E-state index in [1.54, 1.807) is 13.3 Å². The Bertz CT molecular complexity index is 419. The number of halogens is 1. The van der Waals surface area contributed by atoms with E-state index in [2.05, 4.69) is 45.0 Å². The van der Waals surface area contributed by atoms with E-state index in [0.29, 0.717) is 5.02 Å². The molecule has 0 bridgehead atoms. The zero-order valence-electron chi connectivity index (χ0n) is 14.2. The number of aromatic nitrogens is 2. The Kier molecular flexibility index (Phi) is 7.17. The minimum absolute atomic E-state index is 0.0369. The summed E-state index contributed by atoms with van der Waals surface area (Å²) in [6.45, 7) is 11.7. The fourth-order valence-corrected chi connectivity index (χ4v) is 3.16. The lowest BCUT2D eigenvalue weighted by Gasteiger charge is -2.39. The molecule has 0 amide bonds. The average Bonchev–Trinajstić information content (AvgIpc) is 2.86. The lowest BCUT2D eigenvalue weighted by atomic mass is 9.85. The van der Waals surface area contributed by atoms with Gasteiger partial charge in [-0.25, -0.2) is 0 Å². The highest BCUT2D eigenvalue weighted by atomic mass is 35.5. The van der Waals surface area contributed by atoms with Crippen LogP contribution in [0.4, 0.5) is 0 Å². The van der Waals surface area contributed by atoms with Gasteiger partial charge in [0, 0.05) is 13.2 Å². The second-order valence-corrected chi connectivity index (χ2v) is 6.19. The Hall–Kier alpha value is -0.580. The van der Waals surface area contributed by atoms with Crippen LogP contribution in [-0.2, 0) is 4.74 Å². The van der Waals surface area contributed by atoms with Gasteiger partial charge < -0.3 is 10.1 Å². The molecule has 0 aliphatic heterocycles. The van der Waals surface area contributed by atoms with Crippen molar-refractivity contribution in [3.63, 3.8) is 0 Å². The molecule has 0 aliphatic carbocycles. The molecule has 0 fully saturated rings. The smallest absolute Gasteiger partial charge is 0.0883 e. The van der Waals surface area contributed by atoms with Crippen LogP contribution in [0.3, 0.4) is 0 Å². The van der Waals surface area contributed by atoms with E-state index < -0.39 is 0 Å². The molecular weight excluding hydrogens is 286 g/mol. The van der Waals surface area contributed by atoms with Crippen molar-refractivity contribution in [2.24, 2.45) is 0 Å². The van der Waals surface area contributed by atoms with Crippen molar-refractivity contribution in [3.05, 3.63) is 16.9 Å². The van der Waals surface area contributed by atoms with Gasteiger partial charge >= 0.3 is 0 Å². The zero-order chi connectivity index (χ0) is 16.0. The van der Waals surface area contributed by atoms with Gasteiger partial charge in [-0.15, -0.1) is 0 Å². The van der Waals surface area contributed by atoms with Crippen LogP contribution in [0.2, 0.25) is 5.02 Å². The largest absolute Gasteiger partial charge is 0.376 e. The molecule has 4 nitrogen and oxygen atoms in total. The summed E-state index contributed by atoms with van der Waals surface area (Å²) in [5.74, 6) is 0. The third-order valence-corrected chi connectivity index (χ3v) is 4.57. The molecule has 21 heavy (non-hydrogen) atoms. The van der Waals surface area contributed by atoms with Gasteiger partial charge in [0.25, 0.3) is 0 Å². The molecule has 0 radical (unpaired) electrons. The van der Waals surface area contributed by atoms with Crippen molar-refractivity contribution in [1.82, 2.24) is 15.1 Å². The highest BCUT2D eigenvalue weighted by Gasteiger charge is 2.40. The van der Waals surface area contributed by atoms with Gasteiger partial charge in [0.1, 0.15) is 0 Å². The molecule has 5 heteroatoms. The second-order valence-electron chi connectivity index (χ2n) is 5.78. The number of rotatable bonds is 9. The summed E-state index contributed by atoms with van der Waals surface area (Å²) in [5.41, 5.74) is 0.761. The summed E-state index contributed by atoms with van der Waals surface area (Å²) in [7, 11) is 1.79. The first-order chi connectivity index (χ1) is 9.97. The molecule has 122 valence electrons. The molecule has 1 heterocycles. The van der Waals surface area contributed by atoms with Crippen molar-refractivity contribution < 1.29 is 4.74 Å². The molecule has 0 saturated carbocycles. The topological polar surface area (TPSA) is 39.1 Å². The van der Waals surface area contributed by atoms with Crippen LogP contribution in [0, 0.1) is 0 Å². The third kappa shape index (κ3) is 3.79. The van der Waals surface area contributed by atoms with Crippen LogP contribution in [0.5, 0.6) is 0 Å². The molecule has 1 N–H and O–H groups in total. The van der Waals surface area contributed by atoms with Crippen LogP contribution in [0.1, 0.15) is 71.7 Å². The Morgan fingerprint density at radius 2 is 1.95 bits per heavy atom. The van der Waals surface area contributed by atoms with Gasteiger partial charge in [-0.3, -0.25) is 4.68 Å². The van der Waals surface area contributed by atoms with Crippen molar-refractivity contribution >= 4 is 11.6 Å². The normalized spacial score (nSPS) is 13.9. The molecule has 1 rings (SSSR count). The Balaban J connectivity index is 3.34. The van der Waals surface area contributed by atoms with Crippen molar-refractivity contribution in [1.29, 1.82) is 0 Å². The van der Waals surface area contributed by atoms with E-state index in [9.17, 15) is 0 Å². The number of nitrogens with one attached hydrogen (secondary N) is 1. The third-order valence-electron chi connectivity index (χ3n) is 4.28. The number of nitrogens with zero attached hydrogens (tertiary/aromatic N) is 2. The van der Waals surface area contributed by atoms with Gasteiger partial charge in [0.2, 0.25) is 0 Å². The van der Waals surface area contributed by atoms with E-state index in [1.165, 1.54) is 0 Å². The predicted molar refractivity (Wildman–Crippen MR) is 89.0 cm³/mol. The molecule has 1 unspecified atom stereocenters. The number of hydrogen-bond acceptors (Lipinski definition) is 3. The van der Waals surface area contributed by atoms with Gasteiger partial charge in [0.15, 0.2) is 0 Å². The summed E-state index contributed by atoms with van der Waals surface area (Å²) in [6.07, 6.45) is 4.64. The van der Waals surface area contributed by atoms with Crippen molar-refractivity contribution in [2.45, 2.75) is 71.6 Å². The standard InChI is InChI=1S/C16H30ClN3O/c1-7-10-18-15(16(8-2,9-3)21-6)14-13(17)11-19-20(14)12(4)5/h11-12,15,18H,7-10H2,1-6H3. The number of methoxy groups -OCH3 is 1. The van der Waals surface area contributed by atoms with E-state index >= 15 is 0 Å². The van der Waals surface area contributed by atoms with Crippen molar-refractivity contribution in [2.75, 3.05) is 13.7 Å². The Labute approximate surface area is 134 Å². The Morgan fingerprint density at radius 3 is 2.38 bits per heavy atom. The first kappa shape index (κ1) is 18.5. The maximum absolute atomic E-state index is 6.46. The molecule has 1 atom stereocenters. The first-order valence-corrected chi connectivity index (χ1v) is 8.36. The van der Waals surface area contributed by atoms with Crippen molar-refractivity contribution in [3.8, 4) is 0 Å². The highest BCUT2D eigenvalue weighted by Crippen LogP contribution is 2.38. The molecular formula is C16H30ClN3O. The SMILES string of the molecule is CCCNC(c1c(Cl)cnn1C(C)C)C(CC)(CC)OC. The van der Waals surface area contributed by atoms with Crippen LogP contribution < -0.4 is 5.32 Å². The summed E-state index contributed by atoms with van der Waals surface area (Å²) >= 11 is 6.46. The summed E-state index contributed by atoms with van der Waals surface area (Å²) in [6, 6.07) is 0.302. The average molecular weight is 316 g/mol. The lowest BCUT2D eigenvalue weighted by Crippen LogP contribution is -2.46. The maximum atomic E-state index is 6.46. The second kappa shape index (κ2) is 8.16. The quantitative estimate of drug-likeness (QED) is 0.735. The summed E-state index contributed by atoms with van der Waals surface area (Å²) < 4.78 is 7.96. The minimum Gasteiger partial charge on any atom is -0.376 e. The maximum Gasteiger partial charge on any atom is 0.0883 e. The number of ether oxygens (including phenoxy) is 1. The highest BCUT2D eigenvalue weighted by molar-refractivity contribution is 6.31. The predicted octanol–water partition coefficient (Wildman–Crippen LogP) is 4.36. The first-order valence-electron chi connectivity index (χ1n) is 7.98. The lowest BCUT2D eigenvalue weighted by molar-refractivity contribution is -0.0508. The van der Waals surface area contributed by atoms with Gasteiger partial charge in [0.05, 0.1) is 28.6 Å². The van der Waals surface area contributed by atoms with E-state index in [4.69, 9.17) is 16.3 Å². The molecule has 0 saturated heterocycles. The van der Waals surface area contributed by atoms with Crippen LogP contribution in [0.15, 0.2) is 6.20 Å². The molecule has 0 spiro atoms. The molecule has 0 aliphatic rings. The van der Waals surface area contributed by atoms with Crippen LogP contribution in [0.25, 0.3) is 0 Å². The fraction of sp³-hybridized carbons (Fsp3) is 0.812. The van der Waals surface area contributed by atoms with E-state index in [-0.39, 0.29) is 17.7 Å². The molecule has 1 aromatic heterocycles. The van der Waals surface area contributed by atoms with E-state index in [1.807, 2.05) is 4.68 Å². The summed E-state index contributed by atoms with van der Waals surface area (Å²) in [5, 5.41) is 8.79. The minimum atomic E-state index is -0.272. The van der Waals surface area contributed by atoms with Gasteiger partial charge in [-0.2, -0.15) is 5.10 Å². The van der Waals surface area contributed by atoms with Gasteiger partial charge in [-0.05, 0) is 39.7 Å². The summed E-state index contributed by atoms with van der Waals surface area (Å²) in [4.78, 5) is 0. The monoisotopic (exact) mass is 315 g/mol. The molecule has 0 aromatic carbocycles. The van der Waals surface area contributed by atoms with Crippen LogP contribution >= 0.6 is 11.6 Å². The molecule has 1 aromatic rings.